The van der Waals surface area contributed by atoms with Crippen LogP contribution in [0.1, 0.15) is 5.69 Å². The summed E-state index contributed by atoms with van der Waals surface area (Å²) in [5, 5.41) is 10.5. The molecule has 90 valence electrons. The van der Waals surface area contributed by atoms with Crippen molar-refractivity contribution in [1.82, 2.24) is 20.0 Å². The third kappa shape index (κ3) is 2.19. The summed E-state index contributed by atoms with van der Waals surface area (Å²) >= 11 is 0. The van der Waals surface area contributed by atoms with Crippen LogP contribution in [0.15, 0.2) is 18.3 Å². The van der Waals surface area contributed by atoms with E-state index in [0.717, 1.165) is 4.68 Å². The number of hydrogen-bond acceptors (Lipinski definition) is 4. The Labute approximate surface area is 94.1 Å². The van der Waals surface area contributed by atoms with Crippen LogP contribution in [0.2, 0.25) is 0 Å². The highest BCUT2D eigenvalue weighted by Gasteiger charge is 2.37. The van der Waals surface area contributed by atoms with Crippen LogP contribution in [-0.2, 0) is 13.2 Å². The highest BCUT2D eigenvalue weighted by molar-refractivity contribution is 5.62. The van der Waals surface area contributed by atoms with Gasteiger partial charge in [0.05, 0.1) is 11.3 Å². The molecule has 2 aromatic heterocycles. The van der Waals surface area contributed by atoms with Crippen LogP contribution in [-0.4, -0.2) is 20.0 Å². The predicted octanol–water partition coefficient (Wildman–Crippen LogP) is 1.48. The van der Waals surface area contributed by atoms with E-state index in [-0.39, 0.29) is 17.1 Å². The lowest BCUT2D eigenvalue weighted by atomic mass is 10.1. The van der Waals surface area contributed by atoms with Crippen LogP contribution < -0.4 is 5.73 Å². The number of rotatable bonds is 1. The highest BCUT2D eigenvalue weighted by Crippen LogP contribution is 2.34. The van der Waals surface area contributed by atoms with E-state index >= 15 is 0 Å². The fourth-order valence-electron chi connectivity index (χ4n) is 1.37. The molecule has 2 heterocycles. The molecule has 0 aliphatic heterocycles. The predicted molar refractivity (Wildman–Crippen MR) is 53.6 cm³/mol. The van der Waals surface area contributed by atoms with E-state index in [1.807, 2.05) is 0 Å². The molecule has 0 aliphatic rings. The maximum absolute atomic E-state index is 12.7. The molecular weight excluding hydrogens is 235 g/mol. The van der Waals surface area contributed by atoms with E-state index in [4.69, 9.17) is 5.73 Å². The summed E-state index contributed by atoms with van der Waals surface area (Å²) in [6.07, 6.45) is -3.29. The molecule has 0 aromatic carbocycles. The van der Waals surface area contributed by atoms with Crippen LogP contribution in [0.5, 0.6) is 0 Å². The second-order valence-corrected chi connectivity index (χ2v) is 3.41. The van der Waals surface area contributed by atoms with Gasteiger partial charge >= 0.3 is 6.18 Å². The maximum Gasteiger partial charge on any atom is 0.435 e. The molecule has 2 N–H and O–H groups in total. The van der Waals surface area contributed by atoms with Crippen molar-refractivity contribution in [3.8, 4) is 11.3 Å². The second-order valence-electron chi connectivity index (χ2n) is 3.41. The van der Waals surface area contributed by atoms with Gasteiger partial charge in [-0.3, -0.25) is 4.68 Å². The first kappa shape index (κ1) is 11.4. The third-order valence-electron chi connectivity index (χ3n) is 2.06. The molecule has 8 heteroatoms. The molecule has 5 nitrogen and oxygen atoms in total. The molecule has 17 heavy (non-hydrogen) atoms. The number of aryl methyl sites for hydroxylation is 1. The quantitative estimate of drug-likeness (QED) is 0.823. The van der Waals surface area contributed by atoms with Gasteiger partial charge < -0.3 is 5.73 Å². The zero-order valence-corrected chi connectivity index (χ0v) is 8.73. The van der Waals surface area contributed by atoms with Crippen molar-refractivity contribution < 1.29 is 13.2 Å². The van der Waals surface area contributed by atoms with E-state index in [9.17, 15) is 13.2 Å². The van der Waals surface area contributed by atoms with Gasteiger partial charge in [0, 0.05) is 13.2 Å². The van der Waals surface area contributed by atoms with Gasteiger partial charge in [-0.2, -0.15) is 18.3 Å². The Bertz CT molecular complexity index is 529. The normalized spacial score (nSPS) is 11.8. The fourth-order valence-corrected chi connectivity index (χ4v) is 1.37. The van der Waals surface area contributed by atoms with Gasteiger partial charge in [0.15, 0.2) is 5.69 Å². The summed E-state index contributed by atoms with van der Waals surface area (Å²) in [6, 6.07) is 2.75. The number of halogens is 3. The molecule has 0 fully saturated rings. The number of nitrogen functional groups attached to an aromatic ring is 1. The van der Waals surface area contributed by atoms with E-state index in [0.29, 0.717) is 0 Å². The maximum atomic E-state index is 12.7. The number of hydrogen-bond donors (Lipinski definition) is 1. The van der Waals surface area contributed by atoms with Crippen molar-refractivity contribution in [3.63, 3.8) is 0 Å². The lowest BCUT2D eigenvalue weighted by Gasteiger charge is -2.04. The first-order valence-corrected chi connectivity index (χ1v) is 4.58. The summed E-state index contributed by atoms with van der Waals surface area (Å²) in [7, 11) is 1.41. The number of anilines is 1. The number of nitrogens with two attached hydrogens (primary N) is 1. The van der Waals surface area contributed by atoms with Gasteiger partial charge in [-0.15, -0.1) is 10.2 Å². The van der Waals surface area contributed by atoms with Crippen molar-refractivity contribution in [2.24, 2.45) is 7.05 Å². The number of aromatic nitrogens is 4. The summed E-state index contributed by atoms with van der Waals surface area (Å²) < 4.78 is 39.1. The monoisotopic (exact) mass is 243 g/mol. The van der Waals surface area contributed by atoms with Crippen molar-refractivity contribution in [2.75, 3.05) is 5.73 Å². The van der Waals surface area contributed by atoms with Crippen molar-refractivity contribution in [1.29, 1.82) is 0 Å². The van der Waals surface area contributed by atoms with E-state index < -0.39 is 11.9 Å². The van der Waals surface area contributed by atoms with Crippen molar-refractivity contribution in [3.05, 3.63) is 24.0 Å². The smallest absolute Gasteiger partial charge is 0.382 e. The number of nitrogens with zero attached hydrogens (tertiary/aromatic N) is 4. The van der Waals surface area contributed by atoms with Gasteiger partial charge in [0.1, 0.15) is 5.82 Å². The van der Waals surface area contributed by atoms with E-state index in [1.54, 1.807) is 0 Å². The minimum absolute atomic E-state index is 0.0830. The Kier molecular flexibility index (Phi) is 2.49. The molecule has 0 radical (unpaired) electrons. The van der Waals surface area contributed by atoms with Crippen LogP contribution in [0.3, 0.4) is 0 Å². The number of alkyl halides is 3. The molecule has 0 unspecified atom stereocenters. The molecular formula is C9H8F3N5. The van der Waals surface area contributed by atoms with E-state index in [1.165, 1.54) is 25.4 Å². The molecule has 0 spiro atoms. The Morgan fingerprint density at radius 3 is 2.47 bits per heavy atom. The van der Waals surface area contributed by atoms with Crippen molar-refractivity contribution in [2.45, 2.75) is 6.18 Å². The SMILES string of the molecule is Cn1cc(-c2ccc(N)nn2)c(C(F)(F)F)n1. The lowest BCUT2D eigenvalue weighted by Crippen LogP contribution is -2.08. The van der Waals surface area contributed by atoms with E-state index in [2.05, 4.69) is 15.3 Å². The average molecular weight is 243 g/mol. The Hall–Kier alpha value is -2.12. The summed E-state index contributed by atoms with van der Waals surface area (Å²) in [5.41, 5.74) is 4.30. The van der Waals surface area contributed by atoms with Gasteiger partial charge in [-0.05, 0) is 12.1 Å². The first-order valence-electron chi connectivity index (χ1n) is 4.58. The third-order valence-corrected chi connectivity index (χ3v) is 2.06. The Morgan fingerprint density at radius 1 is 1.24 bits per heavy atom. The van der Waals surface area contributed by atoms with Gasteiger partial charge in [0.25, 0.3) is 0 Å². The minimum Gasteiger partial charge on any atom is -0.382 e. The molecule has 0 saturated heterocycles. The second kappa shape index (κ2) is 3.72. The van der Waals surface area contributed by atoms with Gasteiger partial charge in [-0.25, -0.2) is 0 Å². The zero-order chi connectivity index (χ0) is 12.6. The average Bonchev–Trinajstić information content (AvgIpc) is 2.61. The zero-order valence-electron chi connectivity index (χ0n) is 8.73. The molecule has 0 saturated carbocycles. The van der Waals surface area contributed by atoms with Gasteiger partial charge in [-0.1, -0.05) is 0 Å². The summed E-state index contributed by atoms with van der Waals surface area (Å²) in [4.78, 5) is 0. The molecule has 0 amide bonds. The summed E-state index contributed by atoms with van der Waals surface area (Å²) in [6.45, 7) is 0. The van der Waals surface area contributed by atoms with Crippen molar-refractivity contribution >= 4 is 5.82 Å². The molecule has 0 bridgehead atoms. The van der Waals surface area contributed by atoms with Gasteiger partial charge in [0.2, 0.25) is 0 Å². The molecule has 0 aliphatic carbocycles. The minimum atomic E-state index is -4.53. The standard InChI is InChI=1S/C9H8F3N5/c1-17-4-5(8(16-17)9(10,11)12)6-2-3-7(13)15-14-6/h2-4H,1H3,(H2,13,15). The fraction of sp³-hybridized carbons (Fsp3) is 0.222. The largest absolute Gasteiger partial charge is 0.435 e. The Balaban J connectivity index is 2.55. The van der Waals surface area contributed by atoms with Crippen LogP contribution in [0.25, 0.3) is 11.3 Å². The topological polar surface area (TPSA) is 69.6 Å². The lowest BCUT2D eigenvalue weighted by molar-refractivity contribution is -0.141. The molecule has 0 atom stereocenters. The summed E-state index contributed by atoms with van der Waals surface area (Å²) in [5.74, 6) is 0.145. The van der Waals surface area contributed by atoms with Crippen LogP contribution >= 0.6 is 0 Å². The molecule has 2 aromatic rings. The first-order chi connectivity index (χ1) is 7.88. The highest BCUT2D eigenvalue weighted by atomic mass is 19.4. The molecule has 2 rings (SSSR count). The Morgan fingerprint density at radius 2 is 1.94 bits per heavy atom. The van der Waals surface area contributed by atoms with Crippen LogP contribution in [0.4, 0.5) is 19.0 Å². The van der Waals surface area contributed by atoms with Crippen LogP contribution in [0, 0.1) is 0 Å².